The Morgan fingerprint density at radius 2 is 2.50 bits per heavy atom. The van der Waals surface area contributed by atoms with Crippen molar-refractivity contribution in [1.82, 2.24) is 0 Å². The molecule has 0 heterocycles. The molecule has 1 atom stereocenters. The van der Waals surface area contributed by atoms with E-state index in [9.17, 15) is 4.79 Å². The molecular formula is C4H7BrO2S. The van der Waals surface area contributed by atoms with Crippen LogP contribution in [0.5, 0.6) is 0 Å². The van der Waals surface area contributed by atoms with E-state index in [0.717, 1.165) is 0 Å². The highest BCUT2D eigenvalue weighted by Gasteiger charge is 2.08. The zero-order chi connectivity index (χ0) is 6.57. The highest BCUT2D eigenvalue weighted by atomic mass is 79.9. The van der Waals surface area contributed by atoms with Crippen molar-refractivity contribution in [2.75, 3.05) is 6.61 Å². The van der Waals surface area contributed by atoms with Crippen molar-refractivity contribution < 1.29 is 9.53 Å². The number of halogens is 1. The van der Waals surface area contributed by atoms with Crippen LogP contribution in [-0.4, -0.2) is 16.7 Å². The van der Waals surface area contributed by atoms with Crippen molar-refractivity contribution in [3.63, 3.8) is 0 Å². The summed E-state index contributed by atoms with van der Waals surface area (Å²) in [6.45, 7) is 2.16. The minimum absolute atomic E-state index is 0.337. The van der Waals surface area contributed by atoms with E-state index in [4.69, 9.17) is 0 Å². The number of thiol groups is 1. The van der Waals surface area contributed by atoms with Gasteiger partial charge in [0.2, 0.25) is 0 Å². The van der Waals surface area contributed by atoms with E-state index in [1.54, 1.807) is 6.92 Å². The van der Waals surface area contributed by atoms with E-state index < -0.39 is 4.16 Å². The van der Waals surface area contributed by atoms with Crippen LogP contribution >= 0.6 is 28.6 Å². The predicted molar refractivity (Wildman–Crippen MR) is 38.3 cm³/mol. The van der Waals surface area contributed by atoms with E-state index in [1.807, 2.05) is 0 Å². The lowest BCUT2D eigenvalue weighted by atomic mass is 10.8. The Hall–Kier alpha value is 0.300. The molecule has 0 amide bonds. The number of hydrogen-bond acceptors (Lipinski definition) is 3. The van der Waals surface area contributed by atoms with Gasteiger partial charge in [-0.1, -0.05) is 15.9 Å². The molecule has 0 N–H and O–H groups in total. The van der Waals surface area contributed by atoms with Gasteiger partial charge >= 0.3 is 5.97 Å². The Morgan fingerprint density at radius 1 is 2.00 bits per heavy atom. The number of alkyl halides is 1. The summed E-state index contributed by atoms with van der Waals surface area (Å²) in [5.41, 5.74) is 0. The second-order valence-corrected chi connectivity index (χ2v) is 3.23. The number of esters is 1. The number of carbonyl (C=O) groups is 1. The maximum Gasteiger partial charge on any atom is 0.329 e. The van der Waals surface area contributed by atoms with Crippen LogP contribution in [0.2, 0.25) is 0 Å². The third-order valence-electron chi connectivity index (χ3n) is 0.481. The lowest BCUT2D eigenvalue weighted by molar-refractivity contribution is -0.140. The third-order valence-corrected chi connectivity index (χ3v) is 1.07. The van der Waals surface area contributed by atoms with Crippen LogP contribution in [0, 0.1) is 0 Å². The molecule has 0 aliphatic carbocycles. The smallest absolute Gasteiger partial charge is 0.329 e. The van der Waals surface area contributed by atoms with Crippen LogP contribution in [-0.2, 0) is 9.53 Å². The standard InChI is InChI=1S/C4H7BrO2S/c1-2-7-4(6)3(5)8/h3,8H,2H2,1H3. The average molecular weight is 199 g/mol. The number of hydrogen-bond donors (Lipinski definition) is 1. The van der Waals surface area contributed by atoms with Gasteiger partial charge in [0.1, 0.15) is 0 Å². The summed E-state index contributed by atoms with van der Waals surface area (Å²) in [5, 5.41) is 0. The quantitative estimate of drug-likeness (QED) is 0.411. The number of ether oxygens (including phenoxy) is 1. The number of rotatable bonds is 2. The maximum absolute atomic E-state index is 10.4. The molecular weight excluding hydrogens is 192 g/mol. The molecule has 0 aromatic rings. The first-order chi connectivity index (χ1) is 3.68. The van der Waals surface area contributed by atoms with Gasteiger partial charge in [0, 0.05) is 0 Å². The van der Waals surface area contributed by atoms with Crippen molar-refractivity contribution in [1.29, 1.82) is 0 Å². The molecule has 0 radical (unpaired) electrons. The Morgan fingerprint density at radius 3 is 2.62 bits per heavy atom. The second-order valence-electron chi connectivity index (χ2n) is 1.09. The first-order valence-corrected chi connectivity index (χ1v) is 3.60. The lowest BCUT2D eigenvalue weighted by Crippen LogP contribution is -2.11. The van der Waals surface area contributed by atoms with E-state index in [0.29, 0.717) is 6.61 Å². The first-order valence-electron chi connectivity index (χ1n) is 2.17. The van der Waals surface area contributed by atoms with Crippen LogP contribution in [0.3, 0.4) is 0 Å². The number of carbonyl (C=O) groups excluding carboxylic acids is 1. The molecule has 4 heteroatoms. The third kappa shape index (κ3) is 3.32. The van der Waals surface area contributed by atoms with Crippen LogP contribution < -0.4 is 0 Å². The molecule has 0 fully saturated rings. The fourth-order valence-electron chi connectivity index (χ4n) is 0.211. The fraction of sp³-hybridized carbons (Fsp3) is 0.750. The van der Waals surface area contributed by atoms with Crippen LogP contribution in [0.4, 0.5) is 0 Å². The Kier molecular flexibility index (Phi) is 4.36. The highest BCUT2D eigenvalue weighted by molar-refractivity contribution is 9.11. The van der Waals surface area contributed by atoms with Crippen molar-refractivity contribution in [2.45, 2.75) is 11.1 Å². The zero-order valence-corrected chi connectivity index (χ0v) is 6.91. The summed E-state index contributed by atoms with van der Waals surface area (Å²) in [4.78, 5) is 10.4. The summed E-state index contributed by atoms with van der Waals surface area (Å²) < 4.78 is 4.06. The van der Waals surface area contributed by atoms with Gasteiger partial charge in [-0.2, -0.15) is 12.6 Å². The monoisotopic (exact) mass is 198 g/mol. The first kappa shape index (κ1) is 8.30. The van der Waals surface area contributed by atoms with Gasteiger partial charge in [-0.25, -0.2) is 4.79 Å². The van der Waals surface area contributed by atoms with Crippen LogP contribution in [0.25, 0.3) is 0 Å². The molecule has 8 heavy (non-hydrogen) atoms. The molecule has 0 bridgehead atoms. The van der Waals surface area contributed by atoms with Crippen LogP contribution in [0.1, 0.15) is 6.92 Å². The summed E-state index contributed by atoms with van der Waals surface area (Å²) in [7, 11) is 0. The maximum atomic E-state index is 10.4. The topological polar surface area (TPSA) is 26.3 Å². The van der Waals surface area contributed by atoms with E-state index in [2.05, 4.69) is 33.3 Å². The summed E-state index contributed by atoms with van der Waals surface area (Å²) in [5.74, 6) is -0.337. The van der Waals surface area contributed by atoms with E-state index in [-0.39, 0.29) is 5.97 Å². The molecule has 1 unspecified atom stereocenters. The SMILES string of the molecule is CCOC(=O)C(S)Br. The molecule has 0 spiro atoms. The Bertz CT molecular complexity index is 84.1. The van der Waals surface area contributed by atoms with Crippen molar-refractivity contribution >= 4 is 34.5 Å². The van der Waals surface area contributed by atoms with Gasteiger partial charge in [-0.05, 0) is 6.92 Å². The summed E-state index contributed by atoms with van der Waals surface area (Å²) in [6.07, 6.45) is 0. The lowest BCUT2D eigenvalue weighted by Gasteiger charge is -1.99. The molecule has 0 rings (SSSR count). The molecule has 48 valence electrons. The second kappa shape index (κ2) is 4.21. The Labute approximate surface area is 62.1 Å². The molecule has 0 saturated heterocycles. The molecule has 0 aromatic heterocycles. The Balaban J connectivity index is 3.33. The minimum atomic E-state index is -0.484. The van der Waals surface area contributed by atoms with Gasteiger partial charge in [-0.15, -0.1) is 0 Å². The average Bonchev–Trinajstić information content (AvgIpc) is 1.67. The fourth-order valence-corrected chi connectivity index (χ4v) is 0.418. The molecule has 0 saturated carbocycles. The highest BCUT2D eigenvalue weighted by Crippen LogP contribution is 2.05. The van der Waals surface area contributed by atoms with E-state index in [1.165, 1.54) is 0 Å². The predicted octanol–water partition coefficient (Wildman–Crippen LogP) is 1.20. The van der Waals surface area contributed by atoms with Crippen molar-refractivity contribution in [3.05, 3.63) is 0 Å². The molecule has 0 aromatic carbocycles. The van der Waals surface area contributed by atoms with Gasteiger partial charge in [-0.3, -0.25) is 0 Å². The van der Waals surface area contributed by atoms with Gasteiger partial charge in [0.05, 0.1) is 6.61 Å². The zero-order valence-electron chi connectivity index (χ0n) is 4.43. The molecule has 0 aliphatic rings. The largest absolute Gasteiger partial charge is 0.465 e. The minimum Gasteiger partial charge on any atom is -0.465 e. The van der Waals surface area contributed by atoms with Crippen LogP contribution in [0.15, 0.2) is 0 Å². The van der Waals surface area contributed by atoms with Crippen molar-refractivity contribution in [3.8, 4) is 0 Å². The van der Waals surface area contributed by atoms with Gasteiger partial charge in [0.15, 0.2) is 4.16 Å². The summed E-state index contributed by atoms with van der Waals surface area (Å²) in [6, 6.07) is 0. The van der Waals surface area contributed by atoms with Gasteiger partial charge < -0.3 is 4.74 Å². The summed E-state index contributed by atoms with van der Waals surface area (Å²) >= 11 is 6.70. The normalized spacial score (nSPS) is 12.9. The van der Waals surface area contributed by atoms with Crippen molar-refractivity contribution in [2.24, 2.45) is 0 Å². The molecule has 0 aliphatic heterocycles. The van der Waals surface area contributed by atoms with E-state index >= 15 is 0 Å². The molecule has 2 nitrogen and oxygen atoms in total. The van der Waals surface area contributed by atoms with Gasteiger partial charge in [0.25, 0.3) is 0 Å².